The maximum atomic E-state index is 14.3. The topological polar surface area (TPSA) is 46.2 Å². The van der Waals surface area contributed by atoms with Gasteiger partial charge in [0.1, 0.15) is 5.82 Å². The molecule has 2 rings (SSSR count). The lowest BCUT2D eigenvalue weighted by molar-refractivity contribution is 0.402. The predicted octanol–water partition coefficient (Wildman–Crippen LogP) is 3.45. The Kier molecular flexibility index (Phi) is 5.80. The van der Waals surface area contributed by atoms with Gasteiger partial charge in [-0.3, -0.25) is 0 Å². The maximum absolute atomic E-state index is 14.3. The Hall–Kier alpha value is -0.460. The molecule has 118 valence electrons. The van der Waals surface area contributed by atoms with Crippen LogP contribution in [0.4, 0.5) is 4.39 Å². The van der Waals surface area contributed by atoms with Gasteiger partial charge in [-0.25, -0.2) is 12.8 Å². The van der Waals surface area contributed by atoms with Crippen LogP contribution in [-0.2, 0) is 9.84 Å². The Morgan fingerprint density at radius 3 is 2.86 bits per heavy atom. The van der Waals surface area contributed by atoms with Crippen LogP contribution in [0.25, 0.3) is 0 Å². The van der Waals surface area contributed by atoms with Gasteiger partial charge in [-0.05, 0) is 53.7 Å². The molecular weight excluding hydrogens is 357 g/mol. The van der Waals surface area contributed by atoms with E-state index in [1.54, 1.807) is 12.1 Å². The molecule has 0 aliphatic carbocycles. The standard InChI is InChI=1S/C15H21BrFNO2S/c1-2-7-18-14(9-11-6-8-21(19,20)10-11)12-4-3-5-13(16)15(12)17/h3-5,11,14,18H,2,6-10H2,1H3. The minimum absolute atomic E-state index is 0.114. The molecule has 0 spiro atoms. The van der Waals surface area contributed by atoms with Crippen LogP contribution in [0.2, 0.25) is 0 Å². The van der Waals surface area contributed by atoms with Gasteiger partial charge in [-0.2, -0.15) is 0 Å². The number of hydrogen-bond acceptors (Lipinski definition) is 3. The van der Waals surface area contributed by atoms with Crippen molar-refractivity contribution in [3.05, 3.63) is 34.1 Å². The first-order valence-corrected chi connectivity index (χ1v) is 9.92. The third-order valence-electron chi connectivity index (χ3n) is 3.89. The first-order chi connectivity index (χ1) is 9.93. The van der Waals surface area contributed by atoms with Crippen molar-refractivity contribution < 1.29 is 12.8 Å². The fourth-order valence-corrected chi connectivity index (χ4v) is 5.08. The van der Waals surface area contributed by atoms with Gasteiger partial charge >= 0.3 is 0 Å². The second-order valence-electron chi connectivity index (χ2n) is 5.65. The van der Waals surface area contributed by atoms with Crippen molar-refractivity contribution >= 4 is 25.8 Å². The van der Waals surface area contributed by atoms with Gasteiger partial charge in [0.05, 0.1) is 16.0 Å². The monoisotopic (exact) mass is 377 g/mol. The smallest absolute Gasteiger partial charge is 0.150 e. The van der Waals surface area contributed by atoms with Crippen molar-refractivity contribution in [1.82, 2.24) is 5.32 Å². The zero-order valence-corrected chi connectivity index (χ0v) is 14.5. The molecule has 1 aliphatic heterocycles. The van der Waals surface area contributed by atoms with E-state index in [-0.39, 0.29) is 29.3 Å². The summed E-state index contributed by atoms with van der Waals surface area (Å²) in [6.45, 7) is 2.84. The van der Waals surface area contributed by atoms with Crippen LogP contribution in [0.1, 0.15) is 37.8 Å². The predicted molar refractivity (Wildman–Crippen MR) is 86.5 cm³/mol. The van der Waals surface area contributed by atoms with E-state index in [1.807, 2.05) is 6.07 Å². The molecule has 6 heteroatoms. The minimum Gasteiger partial charge on any atom is -0.310 e. The number of nitrogens with one attached hydrogen (secondary N) is 1. The molecule has 1 heterocycles. The largest absolute Gasteiger partial charge is 0.310 e. The highest BCUT2D eigenvalue weighted by Gasteiger charge is 2.30. The van der Waals surface area contributed by atoms with Crippen LogP contribution >= 0.6 is 15.9 Å². The van der Waals surface area contributed by atoms with Crippen molar-refractivity contribution in [2.24, 2.45) is 5.92 Å². The molecule has 1 N–H and O–H groups in total. The average molecular weight is 378 g/mol. The summed E-state index contributed by atoms with van der Waals surface area (Å²) in [4.78, 5) is 0. The van der Waals surface area contributed by atoms with Crippen LogP contribution < -0.4 is 5.32 Å². The van der Waals surface area contributed by atoms with Gasteiger partial charge in [0.15, 0.2) is 9.84 Å². The van der Waals surface area contributed by atoms with Crippen LogP contribution in [0.3, 0.4) is 0 Å². The van der Waals surface area contributed by atoms with Gasteiger partial charge in [0, 0.05) is 11.6 Å². The summed E-state index contributed by atoms with van der Waals surface area (Å²) in [6.07, 6.45) is 2.30. The molecule has 1 saturated heterocycles. The maximum Gasteiger partial charge on any atom is 0.150 e. The fourth-order valence-electron chi connectivity index (χ4n) is 2.82. The van der Waals surface area contributed by atoms with Crippen molar-refractivity contribution in [1.29, 1.82) is 0 Å². The molecule has 0 amide bonds. The van der Waals surface area contributed by atoms with Crippen molar-refractivity contribution in [2.45, 2.75) is 32.2 Å². The highest BCUT2D eigenvalue weighted by Crippen LogP contribution is 2.32. The van der Waals surface area contributed by atoms with E-state index < -0.39 is 9.84 Å². The summed E-state index contributed by atoms with van der Waals surface area (Å²) in [5, 5.41) is 3.35. The third kappa shape index (κ3) is 4.50. The Morgan fingerprint density at radius 1 is 1.48 bits per heavy atom. The Balaban J connectivity index is 2.16. The Morgan fingerprint density at radius 2 is 2.24 bits per heavy atom. The number of rotatable bonds is 6. The molecule has 0 aromatic heterocycles. The molecule has 21 heavy (non-hydrogen) atoms. The molecule has 2 atom stereocenters. The normalized spacial score (nSPS) is 22.3. The second-order valence-corrected chi connectivity index (χ2v) is 8.74. The summed E-state index contributed by atoms with van der Waals surface area (Å²) in [6, 6.07) is 5.13. The van der Waals surface area contributed by atoms with Gasteiger partial charge in [-0.15, -0.1) is 0 Å². The molecule has 1 aromatic rings. The van der Waals surface area contributed by atoms with E-state index in [2.05, 4.69) is 28.2 Å². The van der Waals surface area contributed by atoms with Crippen LogP contribution in [0.5, 0.6) is 0 Å². The molecule has 2 unspecified atom stereocenters. The van der Waals surface area contributed by atoms with Crippen molar-refractivity contribution in [3.63, 3.8) is 0 Å². The van der Waals surface area contributed by atoms with Gasteiger partial charge in [0.25, 0.3) is 0 Å². The zero-order valence-electron chi connectivity index (χ0n) is 12.1. The quantitative estimate of drug-likeness (QED) is 0.825. The minimum atomic E-state index is -2.89. The summed E-state index contributed by atoms with van der Waals surface area (Å²) in [5.74, 6) is 0.348. The number of benzene rings is 1. The van der Waals surface area contributed by atoms with Gasteiger partial charge < -0.3 is 5.32 Å². The molecular formula is C15H21BrFNO2S. The first kappa shape index (κ1) is 16.9. The second kappa shape index (κ2) is 7.20. The molecule has 0 saturated carbocycles. The van der Waals surface area contributed by atoms with E-state index in [0.717, 1.165) is 13.0 Å². The first-order valence-electron chi connectivity index (χ1n) is 7.30. The molecule has 0 bridgehead atoms. The summed E-state index contributed by atoms with van der Waals surface area (Å²) in [7, 11) is -2.89. The molecule has 1 aliphatic rings. The molecule has 1 aromatic carbocycles. The van der Waals surface area contributed by atoms with E-state index in [9.17, 15) is 12.8 Å². The van der Waals surface area contributed by atoms with Crippen LogP contribution in [-0.4, -0.2) is 26.5 Å². The van der Waals surface area contributed by atoms with Crippen LogP contribution in [0, 0.1) is 11.7 Å². The molecule has 1 fully saturated rings. The van der Waals surface area contributed by atoms with E-state index in [1.165, 1.54) is 0 Å². The molecule has 0 radical (unpaired) electrons. The van der Waals surface area contributed by atoms with Gasteiger partial charge in [0.2, 0.25) is 0 Å². The van der Waals surface area contributed by atoms with Crippen molar-refractivity contribution in [3.8, 4) is 0 Å². The summed E-state index contributed by atoms with van der Waals surface area (Å²) >= 11 is 3.21. The lowest BCUT2D eigenvalue weighted by Crippen LogP contribution is -2.26. The lowest BCUT2D eigenvalue weighted by atomic mass is 9.94. The highest BCUT2D eigenvalue weighted by atomic mass is 79.9. The number of halogens is 2. The third-order valence-corrected chi connectivity index (χ3v) is 6.34. The van der Waals surface area contributed by atoms with E-state index in [4.69, 9.17) is 0 Å². The Labute approximate surface area is 134 Å². The number of sulfone groups is 1. The SMILES string of the molecule is CCCNC(CC1CCS(=O)(=O)C1)c1cccc(Br)c1F. The fraction of sp³-hybridized carbons (Fsp3) is 0.600. The zero-order chi connectivity index (χ0) is 15.5. The Bertz CT molecular complexity index is 591. The number of hydrogen-bond donors (Lipinski definition) is 1. The summed E-state index contributed by atoms with van der Waals surface area (Å²) < 4.78 is 37.9. The molecule has 3 nitrogen and oxygen atoms in total. The van der Waals surface area contributed by atoms with Crippen molar-refractivity contribution in [2.75, 3.05) is 18.1 Å². The van der Waals surface area contributed by atoms with Crippen LogP contribution in [0.15, 0.2) is 22.7 Å². The lowest BCUT2D eigenvalue weighted by Gasteiger charge is -2.22. The highest BCUT2D eigenvalue weighted by molar-refractivity contribution is 9.10. The van der Waals surface area contributed by atoms with E-state index >= 15 is 0 Å². The van der Waals surface area contributed by atoms with Gasteiger partial charge in [-0.1, -0.05) is 19.1 Å². The summed E-state index contributed by atoms with van der Waals surface area (Å²) in [5.41, 5.74) is 0.613. The average Bonchev–Trinajstić information content (AvgIpc) is 2.77. The van der Waals surface area contributed by atoms with E-state index in [0.29, 0.717) is 22.9 Å².